The molecule has 5 heteroatoms. The molecule has 0 aromatic carbocycles. The van der Waals surface area contributed by atoms with Crippen molar-refractivity contribution >= 4 is 0 Å². The van der Waals surface area contributed by atoms with E-state index in [1.165, 1.54) is 10.9 Å². The Labute approximate surface area is 80.6 Å². The van der Waals surface area contributed by atoms with Crippen LogP contribution in [0.4, 0.5) is 0 Å². The Balaban J connectivity index is 2.40. The molecule has 0 spiro atoms. The lowest BCUT2D eigenvalue weighted by Gasteiger charge is -1.97. The van der Waals surface area contributed by atoms with Gasteiger partial charge in [-0.15, -0.1) is 5.10 Å². The summed E-state index contributed by atoms with van der Waals surface area (Å²) in [6, 6.07) is 5.64. The zero-order chi connectivity index (χ0) is 9.97. The highest BCUT2D eigenvalue weighted by Gasteiger charge is 2.00. The van der Waals surface area contributed by atoms with Crippen molar-refractivity contribution in [3.8, 4) is 11.9 Å². The van der Waals surface area contributed by atoms with Crippen molar-refractivity contribution in [3.05, 3.63) is 35.8 Å². The van der Waals surface area contributed by atoms with Crippen molar-refractivity contribution < 1.29 is 0 Å². The van der Waals surface area contributed by atoms with Crippen LogP contribution in [0.25, 0.3) is 5.82 Å². The summed E-state index contributed by atoms with van der Waals surface area (Å²) in [4.78, 5) is 0. The Hall–Kier alpha value is -2.22. The van der Waals surface area contributed by atoms with Crippen molar-refractivity contribution in [2.75, 3.05) is 0 Å². The molecule has 0 saturated carbocycles. The minimum absolute atomic E-state index is 0.507. The van der Waals surface area contributed by atoms with Crippen LogP contribution in [0.1, 0.15) is 11.3 Å². The normalized spacial score (nSPS) is 9.71. The van der Waals surface area contributed by atoms with Gasteiger partial charge in [0, 0.05) is 0 Å². The Morgan fingerprint density at radius 3 is 2.79 bits per heavy atom. The molecular formula is C9H7N5. The standard InChI is InChI=1S/C9H7N5/c1-7-2-3-9(13-12-7)14-6-8(4-10)5-11-14/h2-3,5-6H,1H3. The van der Waals surface area contributed by atoms with Crippen LogP contribution in [0.3, 0.4) is 0 Å². The average Bonchev–Trinajstić information content (AvgIpc) is 2.67. The second kappa shape index (κ2) is 3.26. The van der Waals surface area contributed by atoms with E-state index in [2.05, 4.69) is 15.3 Å². The van der Waals surface area contributed by atoms with E-state index in [-0.39, 0.29) is 0 Å². The topological polar surface area (TPSA) is 67.4 Å². The highest BCUT2D eigenvalue weighted by molar-refractivity contribution is 5.27. The molecule has 2 rings (SSSR count). The van der Waals surface area contributed by atoms with Gasteiger partial charge >= 0.3 is 0 Å². The van der Waals surface area contributed by atoms with Crippen LogP contribution in [-0.4, -0.2) is 20.0 Å². The quantitative estimate of drug-likeness (QED) is 0.660. The van der Waals surface area contributed by atoms with Gasteiger partial charge in [0.1, 0.15) is 6.07 Å². The van der Waals surface area contributed by atoms with Gasteiger partial charge in [-0.3, -0.25) is 0 Å². The fourth-order valence-corrected chi connectivity index (χ4v) is 1.02. The van der Waals surface area contributed by atoms with Crippen molar-refractivity contribution in [1.82, 2.24) is 20.0 Å². The molecule has 2 aromatic rings. The number of aromatic nitrogens is 4. The first kappa shape index (κ1) is 8.38. The molecule has 0 aliphatic rings. The van der Waals surface area contributed by atoms with E-state index in [0.29, 0.717) is 11.4 Å². The average molecular weight is 185 g/mol. The van der Waals surface area contributed by atoms with E-state index in [4.69, 9.17) is 5.26 Å². The number of rotatable bonds is 1. The number of hydrogen-bond acceptors (Lipinski definition) is 4. The summed E-state index contributed by atoms with van der Waals surface area (Å²) in [5.74, 6) is 0.608. The molecule has 2 heterocycles. The van der Waals surface area contributed by atoms with Gasteiger partial charge in [0.25, 0.3) is 0 Å². The first-order chi connectivity index (χ1) is 6.79. The Morgan fingerprint density at radius 1 is 1.36 bits per heavy atom. The first-order valence-corrected chi connectivity index (χ1v) is 4.05. The summed E-state index contributed by atoms with van der Waals surface area (Å²) in [6.45, 7) is 1.86. The summed E-state index contributed by atoms with van der Waals surface area (Å²) >= 11 is 0. The van der Waals surface area contributed by atoms with E-state index in [9.17, 15) is 0 Å². The van der Waals surface area contributed by atoms with E-state index < -0.39 is 0 Å². The summed E-state index contributed by atoms with van der Waals surface area (Å²) in [5.41, 5.74) is 1.36. The zero-order valence-electron chi connectivity index (χ0n) is 7.55. The third-order valence-electron chi connectivity index (χ3n) is 1.73. The molecule has 0 atom stereocenters. The molecule has 2 aromatic heterocycles. The smallest absolute Gasteiger partial charge is 0.175 e. The second-order valence-electron chi connectivity index (χ2n) is 2.82. The lowest BCUT2D eigenvalue weighted by Crippen LogP contribution is -1.99. The third-order valence-corrected chi connectivity index (χ3v) is 1.73. The second-order valence-corrected chi connectivity index (χ2v) is 2.82. The van der Waals surface area contributed by atoms with Crippen molar-refractivity contribution in [3.63, 3.8) is 0 Å². The van der Waals surface area contributed by atoms with Gasteiger partial charge in [-0.05, 0) is 19.1 Å². The minimum atomic E-state index is 0.507. The molecule has 68 valence electrons. The zero-order valence-corrected chi connectivity index (χ0v) is 7.55. The monoisotopic (exact) mass is 185 g/mol. The maximum atomic E-state index is 8.60. The van der Waals surface area contributed by atoms with Gasteiger partial charge in [-0.25, -0.2) is 4.68 Å². The number of aryl methyl sites for hydroxylation is 1. The minimum Gasteiger partial charge on any atom is -0.219 e. The molecule has 5 nitrogen and oxygen atoms in total. The van der Waals surface area contributed by atoms with E-state index in [1.54, 1.807) is 12.3 Å². The van der Waals surface area contributed by atoms with Gasteiger partial charge in [-0.2, -0.15) is 15.5 Å². The summed E-state index contributed by atoms with van der Waals surface area (Å²) < 4.78 is 1.52. The van der Waals surface area contributed by atoms with Crippen molar-refractivity contribution in [1.29, 1.82) is 5.26 Å². The fraction of sp³-hybridized carbons (Fsp3) is 0.111. The van der Waals surface area contributed by atoms with Crippen LogP contribution >= 0.6 is 0 Å². The third kappa shape index (κ3) is 1.45. The van der Waals surface area contributed by atoms with Gasteiger partial charge in [0.05, 0.1) is 23.7 Å². The predicted molar refractivity (Wildman–Crippen MR) is 48.6 cm³/mol. The number of nitrogens with zero attached hydrogens (tertiary/aromatic N) is 5. The summed E-state index contributed by atoms with van der Waals surface area (Å²) in [7, 11) is 0. The van der Waals surface area contributed by atoms with Crippen LogP contribution in [0.15, 0.2) is 24.5 Å². The molecule has 0 N–H and O–H groups in total. The van der Waals surface area contributed by atoms with E-state index >= 15 is 0 Å². The van der Waals surface area contributed by atoms with Crippen molar-refractivity contribution in [2.45, 2.75) is 6.92 Å². The molecule has 0 fully saturated rings. The first-order valence-electron chi connectivity index (χ1n) is 4.05. The largest absolute Gasteiger partial charge is 0.219 e. The van der Waals surface area contributed by atoms with Gasteiger partial charge < -0.3 is 0 Å². The lowest BCUT2D eigenvalue weighted by atomic mass is 10.4. The van der Waals surface area contributed by atoms with Crippen LogP contribution in [0.5, 0.6) is 0 Å². The van der Waals surface area contributed by atoms with Crippen LogP contribution in [-0.2, 0) is 0 Å². The van der Waals surface area contributed by atoms with Crippen LogP contribution in [0.2, 0.25) is 0 Å². The highest BCUT2D eigenvalue weighted by atomic mass is 15.3. The van der Waals surface area contributed by atoms with Gasteiger partial charge in [0.2, 0.25) is 0 Å². The Bertz CT molecular complexity index is 477. The van der Waals surface area contributed by atoms with Crippen LogP contribution < -0.4 is 0 Å². The number of hydrogen-bond donors (Lipinski definition) is 0. The summed E-state index contributed by atoms with van der Waals surface area (Å²) in [5, 5.41) is 20.4. The highest BCUT2D eigenvalue weighted by Crippen LogP contribution is 2.03. The Morgan fingerprint density at radius 2 is 2.21 bits per heavy atom. The molecule has 0 unspecified atom stereocenters. The van der Waals surface area contributed by atoms with Gasteiger partial charge in [-0.1, -0.05) is 0 Å². The maximum Gasteiger partial charge on any atom is 0.175 e. The van der Waals surface area contributed by atoms with Gasteiger partial charge in [0.15, 0.2) is 5.82 Å². The molecule has 0 bridgehead atoms. The lowest BCUT2D eigenvalue weighted by molar-refractivity contribution is 0.806. The van der Waals surface area contributed by atoms with Crippen LogP contribution in [0, 0.1) is 18.3 Å². The maximum absolute atomic E-state index is 8.60. The molecule has 0 radical (unpaired) electrons. The predicted octanol–water partition coefficient (Wildman–Crippen LogP) is 0.842. The Kier molecular flexibility index (Phi) is 1.95. The molecule has 14 heavy (non-hydrogen) atoms. The number of nitriles is 1. The molecule has 0 amide bonds. The summed E-state index contributed by atoms with van der Waals surface area (Å²) in [6.07, 6.45) is 3.10. The fourth-order valence-electron chi connectivity index (χ4n) is 1.02. The van der Waals surface area contributed by atoms with E-state index in [1.807, 2.05) is 19.1 Å². The van der Waals surface area contributed by atoms with E-state index in [0.717, 1.165) is 5.69 Å². The molecule has 0 aliphatic heterocycles. The SMILES string of the molecule is Cc1ccc(-n2cc(C#N)cn2)nn1. The molecule has 0 aliphatic carbocycles. The molecule has 0 saturated heterocycles. The molecular weight excluding hydrogens is 178 g/mol. The van der Waals surface area contributed by atoms with Crippen molar-refractivity contribution in [2.24, 2.45) is 0 Å².